The van der Waals surface area contributed by atoms with Crippen molar-refractivity contribution in [2.24, 2.45) is 0 Å². The second-order valence-corrected chi connectivity index (χ2v) is 4.74. The van der Waals surface area contributed by atoms with Crippen LogP contribution >= 0.6 is 0 Å². The molecule has 0 saturated heterocycles. The minimum Gasteiger partial charge on any atom is -0.487 e. The molecular formula is C16H12FN3O4. The highest BCUT2D eigenvalue weighted by Crippen LogP contribution is 2.34. The Morgan fingerprint density at radius 1 is 1.25 bits per heavy atom. The van der Waals surface area contributed by atoms with Crippen molar-refractivity contribution in [2.75, 3.05) is 6.61 Å². The fourth-order valence-electron chi connectivity index (χ4n) is 2.20. The van der Waals surface area contributed by atoms with Gasteiger partial charge in [0.1, 0.15) is 23.4 Å². The molecule has 0 spiro atoms. The van der Waals surface area contributed by atoms with E-state index in [9.17, 15) is 14.5 Å². The number of aromatic nitrogens is 2. The van der Waals surface area contributed by atoms with Crippen molar-refractivity contribution in [3.8, 4) is 17.4 Å². The number of para-hydroxylation sites is 1. The molecule has 122 valence electrons. The third-order valence-electron chi connectivity index (χ3n) is 3.22. The first-order valence-corrected chi connectivity index (χ1v) is 7.08. The molecule has 0 unspecified atom stereocenters. The Kier molecular flexibility index (Phi) is 4.19. The standard InChI is InChI=1S/C16H12FN3O4/c1-2-23-14-8-10(6-7-13(14)20(21)22)24-16-11-4-3-5-12(17)15(11)18-9-19-16/h3-9H,2H2,1H3. The molecule has 8 heteroatoms. The van der Waals surface area contributed by atoms with Crippen LogP contribution in [0.15, 0.2) is 42.7 Å². The smallest absolute Gasteiger partial charge is 0.311 e. The second-order valence-electron chi connectivity index (χ2n) is 4.74. The Labute approximate surface area is 135 Å². The predicted molar refractivity (Wildman–Crippen MR) is 83.8 cm³/mol. The summed E-state index contributed by atoms with van der Waals surface area (Å²) in [6, 6.07) is 8.54. The van der Waals surface area contributed by atoms with E-state index in [2.05, 4.69) is 9.97 Å². The zero-order valence-corrected chi connectivity index (χ0v) is 12.6. The highest BCUT2D eigenvalue weighted by atomic mass is 19.1. The number of nitro groups is 1. The average molecular weight is 329 g/mol. The van der Waals surface area contributed by atoms with Crippen molar-refractivity contribution < 1.29 is 18.8 Å². The summed E-state index contributed by atoms with van der Waals surface area (Å²) in [5.41, 5.74) is -0.0303. The molecule has 3 rings (SSSR count). The van der Waals surface area contributed by atoms with Crippen LogP contribution in [-0.2, 0) is 0 Å². The van der Waals surface area contributed by atoms with Crippen LogP contribution in [0.5, 0.6) is 17.4 Å². The maximum atomic E-state index is 13.8. The first-order chi connectivity index (χ1) is 11.6. The Morgan fingerprint density at radius 3 is 2.83 bits per heavy atom. The van der Waals surface area contributed by atoms with E-state index >= 15 is 0 Å². The molecule has 0 radical (unpaired) electrons. The van der Waals surface area contributed by atoms with Gasteiger partial charge in [0.15, 0.2) is 0 Å². The lowest BCUT2D eigenvalue weighted by Gasteiger charge is -2.09. The van der Waals surface area contributed by atoms with Crippen LogP contribution in [0.3, 0.4) is 0 Å². The Hall–Kier alpha value is -3.29. The minimum absolute atomic E-state index is 0.0875. The summed E-state index contributed by atoms with van der Waals surface area (Å²) in [5, 5.41) is 11.4. The molecule has 0 amide bonds. The molecule has 0 aliphatic carbocycles. The normalized spacial score (nSPS) is 10.6. The van der Waals surface area contributed by atoms with Gasteiger partial charge in [0.2, 0.25) is 11.6 Å². The summed E-state index contributed by atoms with van der Waals surface area (Å²) in [6.07, 6.45) is 1.19. The average Bonchev–Trinajstić information content (AvgIpc) is 2.56. The zero-order valence-electron chi connectivity index (χ0n) is 12.6. The van der Waals surface area contributed by atoms with Crippen LogP contribution in [0.2, 0.25) is 0 Å². The Bertz CT molecular complexity index is 917. The van der Waals surface area contributed by atoms with Gasteiger partial charge in [0.25, 0.3) is 0 Å². The van der Waals surface area contributed by atoms with Gasteiger partial charge >= 0.3 is 5.69 Å². The summed E-state index contributed by atoms with van der Waals surface area (Å²) in [4.78, 5) is 18.4. The van der Waals surface area contributed by atoms with Gasteiger partial charge in [0, 0.05) is 12.1 Å². The van der Waals surface area contributed by atoms with Crippen LogP contribution in [0, 0.1) is 15.9 Å². The molecule has 0 aliphatic heterocycles. The van der Waals surface area contributed by atoms with Gasteiger partial charge in [0.05, 0.1) is 16.9 Å². The number of nitro benzene ring substituents is 1. The highest BCUT2D eigenvalue weighted by Gasteiger charge is 2.17. The third kappa shape index (κ3) is 2.94. The number of rotatable bonds is 5. The van der Waals surface area contributed by atoms with Crippen molar-refractivity contribution in [1.29, 1.82) is 0 Å². The quantitative estimate of drug-likeness (QED) is 0.521. The Morgan fingerprint density at radius 2 is 2.08 bits per heavy atom. The van der Waals surface area contributed by atoms with Gasteiger partial charge in [-0.05, 0) is 25.1 Å². The lowest BCUT2D eigenvalue weighted by atomic mass is 10.2. The molecule has 3 aromatic rings. The molecule has 24 heavy (non-hydrogen) atoms. The molecule has 0 aliphatic rings. The predicted octanol–water partition coefficient (Wildman–Crippen LogP) is 3.87. The summed E-state index contributed by atoms with van der Waals surface area (Å²) in [5.74, 6) is 0.0344. The fraction of sp³-hybridized carbons (Fsp3) is 0.125. The van der Waals surface area contributed by atoms with Crippen LogP contribution in [-0.4, -0.2) is 21.5 Å². The maximum Gasteiger partial charge on any atom is 0.311 e. The SMILES string of the molecule is CCOc1cc(Oc2ncnc3c(F)cccc23)ccc1[N+](=O)[O-]. The largest absolute Gasteiger partial charge is 0.487 e. The maximum absolute atomic E-state index is 13.8. The van der Waals surface area contributed by atoms with Crippen LogP contribution < -0.4 is 9.47 Å². The lowest BCUT2D eigenvalue weighted by molar-refractivity contribution is -0.385. The van der Waals surface area contributed by atoms with Crippen LogP contribution in [0.4, 0.5) is 10.1 Å². The van der Waals surface area contributed by atoms with Gasteiger partial charge in [-0.2, -0.15) is 0 Å². The van der Waals surface area contributed by atoms with Gasteiger partial charge in [-0.3, -0.25) is 10.1 Å². The van der Waals surface area contributed by atoms with Crippen molar-refractivity contribution >= 4 is 16.6 Å². The third-order valence-corrected chi connectivity index (χ3v) is 3.22. The number of ether oxygens (including phenoxy) is 2. The summed E-state index contributed by atoms with van der Waals surface area (Å²) in [7, 11) is 0. The topological polar surface area (TPSA) is 87.4 Å². The zero-order chi connectivity index (χ0) is 17.1. The number of benzene rings is 2. The van der Waals surface area contributed by atoms with E-state index in [1.54, 1.807) is 13.0 Å². The van der Waals surface area contributed by atoms with Crippen molar-refractivity contribution in [3.63, 3.8) is 0 Å². The fourth-order valence-corrected chi connectivity index (χ4v) is 2.20. The van der Waals surface area contributed by atoms with Crippen LogP contribution in [0.25, 0.3) is 10.9 Å². The molecule has 2 aromatic carbocycles. The molecule has 1 aromatic heterocycles. The van der Waals surface area contributed by atoms with E-state index in [-0.39, 0.29) is 35.2 Å². The lowest BCUT2D eigenvalue weighted by Crippen LogP contribution is -1.98. The number of hydrogen-bond acceptors (Lipinski definition) is 6. The van der Waals surface area contributed by atoms with Gasteiger partial charge in [-0.1, -0.05) is 6.07 Å². The van der Waals surface area contributed by atoms with Gasteiger partial charge < -0.3 is 9.47 Å². The first-order valence-electron chi connectivity index (χ1n) is 7.08. The van der Waals surface area contributed by atoms with Crippen molar-refractivity contribution in [1.82, 2.24) is 9.97 Å². The molecule has 7 nitrogen and oxygen atoms in total. The summed E-state index contributed by atoms with van der Waals surface area (Å²) in [6.45, 7) is 1.99. The van der Waals surface area contributed by atoms with E-state index in [4.69, 9.17) is 9.47 Å². The van der Waals surface area contributed by atoms with Crippen molar-refractivity contribution in [3.05, 3.63) is 58.7 Å². The van der Waals surface area contributed by atoms with E-state index in [1.165, 1.54) is 36.7 Å². The number of nitrogens with zero attached hydrogens (tertiary/aromatic N) is 3. The molecule has 0 bridgehead atoms. The first kappa shape index (κ1) is 15.6. The molecule has 0 N–H and O–H groups in total. The summed E-state index contributed by atoms with van der Waals surface area (Å²) >= 11 is 0. The van der Waals surface area contributed by atoms with Crippen LogP contribution in [0.1, 0.15) is 6.92 Å². The highest BCUT2D eigenvalue weighted by molar-refractivity contribution is 5.83. The van der Waals surface area contributed by atoms with Gasteiger partial charge in [-0.15, -0.1) is 0 Å². The van der Waals surface area contributed by atoms with E-state index in [0.29, 0.717) is 5.39 Å². The van der Waals surface area contributed by atoms with E-state index < -0.39 is 10.7 Å². The van der Waals surface area contributed by atoms with Gasteiger partial charge in [-0.25, -0.2) is 14.4 Å². The molecule has 1 heterocycles. The molecule has 0 fully saturated rings. The minimum atomic E-state index is -0.537. The second kappa shape index (κ2) is 6.45. The molecule has 0 atom stereocenters. The van der Waals surface area contributed by atoms with Crippen molar-refractivity contribution in [2.45, 2.75) is 6.92 Å². The molecular weight excluding hydrogens is 317 g/mol. The van der Waals surface area contributed by atoms with E-state index in [1.807, 2.05) is 0 Å². The number of hydrogen-bond donors (Lipinski definition) is 0. The summed E-state index contributed by atoms with van der Waals surface area (Å²) < 4.78 is 24.7. The molecule has 0 saturated carbocycles. The Balaban J connectivity index is 2.01. The van der Waals surface area contributed by atoms with E-state index in [0.717, 1.165) is 0 Å². The number of halogens is 1. The monoisotopic (exact) mass is 329 g/mol. The number of fused-ring (bicyclic) bond motifs is 1.